The highest BCUT2D eigenvalue weighted by Crippen LogP contribution is 2.29. The van der Waals surface area contributed by atoms with Crippen molar-refractivity contribution in [2.24, 2.45) is 5.73 Å². The molecule has 2 heterocycles. The Labute approximate surface area is 148 Å². The van der Waals surface area contributed by atoms with Crippen molar-refractivity contribution in [2.45, 2.75) is 19.0 Å². The maximum atomic E-state index is 12.7. The minimum Gasteiger partial charge on any atom is -0.328 e. The van der Waals surface area contributed by atoms with E-state index in [4.69, 9.17) is 5.73 Å². The molecule has 3 rings (SSSR count). The van der Waals surface area contributed by atoms with Gasteiger partial charge >= 0.3 is 6.03 Å². The van der Waals surface area contributed by atoms with E-state index in [1.54, 1.807) is 4.90 Å². The summed E-state index contributed by atoms with van der Waals surface area (Å²) in [6.45, 7) is 2.74. The second kappa shape index (κ2) is 7.67. The first kappa shape index (κ1) is 17.4. The van der Waals surface area contributed by atoms with Gasteiger partial charge in [-0.3, -0.25) is 10.00 Å². The van der Waals surface area contributed by atoms with Crippen LogP contribution in [0.2, 0.25) is 0 Å². The Hall–Kier alpha value is -2.38. The molecule has 7 nitrogen and oxygen atoms in total. The van der Waals surface area contributed by atoms with Gasteiger partial charge in [-0.25, -0.2) is 4.79 Å². The number of aromatic nitrogens is 2. The minimum absolute atomic E-state index is 0.0965. The molecule has 2 aromatic rings. The van der Waals surface area contributed by atoms with Crippen LogP contribution in [-0.2, 0) is 13.0 Å². The molecule has 2 amide bonds. The van der Waals surface area contributed by atoms with Gasteiger partial charge in [0.15, 0.2) is 5.82 Å². The summed E-state index contributed by atoms with van der Waals surface area (Å²) in [6, 6.07) is 9.77. The lowest BCUT2D eigenvalue weighted by Crippen LogP contribution is -2.45. The summed E-state index contributed by atoms with van der Waals surface area (Å²) in [4.78, 5) is 16.6. The fraction of sp³-hybridized carbons (Fsp3) is 0.444. The molecule has 134 valence electrons. The molecule has 1 atom stereocenters. The molecule has 25 heavy (non-hydrogen) atoms. The van der Waals surface area contributed by atoms with E-state index >= 15 is 0 Å². The Balaban J connectivity index is 1.67. The topological polar surface area (TPSA) is 79.4 Å². The molecule has 1 aliphatic heterocycles. The molecule has 0 radical (unpaired) electrons. The van der Waals surface area contributed by atoms with Crippen LogP contribution >= 0.6 is 0 Å². The third-order valence-corrected chi connectivity index (χ3v) is 4.55. The smallest absolute Gasteiger partial charge is 0.323 e. The number of nitrogens with zero attached hydrogens (tertiary/aromatic N) is 4. The van der Waals surface area contributed by atoms with E-state index in [9.17, 15) is 4.79 Å². The van der Waals surface area contributed by atoms with Gasteiger partial charge in [0, 0.05) is 31.9 Å². The SMILES string of the molecule is CN(C)CCn1ccc(NC(=O)N2CCc3ccccc3C2CN)n1. The van der Waals surface area contributed by atoms with Crippen molar-refractivity contribution >= 4 is 11.8 Å². The van der Waals surface area contributed by atoms with E-state index in [-0.39, 0.29) is 12.1 Å². The number of carbonyl (C=O) groups is 1. The van der Waals surface area contributed by atoms with Gasteiger partial charge in [-0.15, -0.1) is 0 Å². The Kier molecular flexibility index (Phi) is 5.35. The van der Waals surface area contributed by atoms with Gasteiger partial charge in [0.1, 0.15) is 0 Å². The standard InChI is InChI=1S/C18H26N6O/c1-22(2)11-12-23-9-8-17(21-23)20-18(25)24-10-7-14-5-3-4-6-15(14)16(24)13-19/h3-6,8-9,16H,7,10-13,19H2,1-2H3,(H,20,21,25). The Morgan fingerprint density at radius 3 is 2.92 bits per heavy atom. The lowest BCUT2D eigenvalue weighted by Gasteiger charge is -2.36. The summed E-state index contributed by atoms with van der Waals surface area (Å²) in [6.07, 6.45) is 2.72. The molecule has 0 aliphatic carbocycles. The predicted molar refractivity (Wildman–Crippen MR) is 98.4 cm³/mol. The zero-order valence-electron chi connectivity index (χ0n) is 14.9. The normalized spacial score (nSPS) is 16.8. The predicted octanol–water partition coefficient (Wildman–Crippen LogP) is 1.53. The number of benzene rings is 1. The van der Waals surface area contributed by atoms with Crippen molar-refractivity contribution in [2.75, 3.05) is 39.0 Å². The highest BCUT2D eigenvalue weighted by molar-refractivity contribution is 5.88. The molecule has 1 aromatic carbocycles. The van der Waals surface area contributed by atoms with Crippen LogP contribution in [0.15, 0.2) is 36.5 Å². The van der Waals surface area contributed by atoms with Crippen molar-refractivity contribution < 1.29 is 4.79 Å². The van der Waals surface area contributed by atoms with E-state index < -0.39 is 0 Å². The first-order valence-electron chi connectivity index (χ1n) is 8.62. The second-order valence-corrected chi connectivity index (χ2v) is 6.59. The molecule has 3 N–H and O–H groups in total. The first-order valence-corrected chi connectivity index (χ1v) is 8.62. The van der Waals surface area contributed by atoms with E-state index in [0.717, 1.165) is 25.1 Å². The molecule has 1 aliphatic rings. The molecule has 0 fully saturated rings. The van der Waals surface area contributed by atoms with Gasteiger partial charge in [-0.1, -0.05) is 24.3 Å². The first-order chi connectivity index (χ1) is 12.1. The van der Waals surface area contributed by atoms with Crippen LogP contribution in [0.4, 0.5) is 10.6 Å². The average Bonchev–Trinajstić information content (AvgIpc) is 3.06. The van der Waals surface area contributed by atoms with Crippen LogP contribution in [0.1, 0.15) is 17.2 Å². The van der Waals surface area contributed by atoms with Crippen molar-refractivity contribution in [3.8, 4) is 0 Å². The quantitative estimate of drug-likeness (QED) is 0.864. The fourth-order valence-electron chi connectivity index (χ4n) is 3.19. The van der Waals surface area contributed by atoms with Crippen LogP contribution in [0.5, 0.6) is 0 Å². The van der Waals surface area contributed by atoms with Gasteiger partial charge in [-0.05, 0) is 31.6 Å². The lowest BCUT2D eigenvalue weighted by atomic mass is 9.93. The Morgan fingerprint density at radius 2 is 2.16 bits per heavy atom. The van der Waals surface area contributed by atoms with Crippen molar-refractivity contribution in [1.82, 2.24) is 19.6 Å². The van der Waals surface area contributed by atoms with Gasteiger partial charge in [-0.2, -0.15) is 5.10 Å². The molecular weight excluding hydrogens is 316 g/mol. The maximum Gasteiger partial charge on any atom is 0.323 e. The number of hydrogen-bond acceptors (Lipinski definition) is 4. The molecule has 0 bridgehead atoms. The largest absolute Gasteiger partial charge is 0.328 e. The van der Waals surface area contributed by atoms with Crippen molar-refractivity contribution in [3.63, 3.8) is 0 Å². The van der Waals surface area contributed by atoms with Crippen LogP contribution in [0.3, 0.4) is 0 Å². The zero-order chi connectivity index (χ0) is 17.8. The van der Waals surface area contributed by atoms with Crippen LogP contribution in [0.25, 0.3) is 0 Å². The molecule has 7 heteroatoms. The van der Waals surface area contributed by atoms with Crippen LogP contribution in [0, 0.1) is 0 Å². The number of likely N-dealkylation sites (N-methyl/N-ethyl adjacent to an activating group) is 1. The van der Waals surface area contributed by atoms with Gasteiger partial charge in [0.2, 0.25) is 0 Å². The molecular formula is C18H26N6O. The Bertz CT molecular complexity index is 726. The number of rotatable bonds is 5. The number of nitrogens with one attached hydrogen (secondary N) is 1. The summed E-state index contributed by atoms with van der Waals surface area (Å²) in [5.74, 6) is 0.568. The summed E-state index contributed by atoms with van der Waals surface area (Å²) >= 11 is 0. The Morgan fingerprint density at radius 1 is 1.36 bits per heavy atom. The second-order valence-electron chi connectivity index (χ2n) is 6.59. The summed E-state index contributed by atoms with van der Waals surface area (Å²) in [5.41, 5.74) is 8.38. The third-order valence-electron chi connectivity index (χ3n) is 4.55. The van der Waals surface area contributed by atoms with Crippen molar-refractivity contribution in [1.29, 1.82) is 0 Å². The summed E-state index contributed by atoms with van der Waals surface area (Å²) in [7, 11) is 4.04. The van der Waals surface area contributed by atoms with Gasteiger partial charge < -0.3 is 15.5 Å². The van der Waals surface area contributed by atoms with Crippen LogP contribution < -0.4 is 11.1 Å². The summed E-state index contributed by atoms with van der Waals surface area (Å²) < 4.78 is 1.83. The summed E-state index contributed by atoms with van der Waals surface area (Å²) in [5, 5.41) is 7.31. The number of anilines is 1. The molecule has 0 saturated heterocycles. The number of nitrogens with two attached hydrogens (primary N) is 1. The number of hydrogen-bond donors (Lipinski definition) is 2. The van der Waals surface area contributed by atoms with E-state index in [2.05, 4.69) is 27.4 Å². The number of urea groups is 1. The maximum absolute atomic E-state index is 12.7. The molecule has 1 unspecified atom stereocenters. The molecule has 0 saturated carbocycles. The van der Waals surface area contributed by atoms with E-state index in [1.165, 1.54) is 5.56 Å². The molecule has 0 spiro atoms. The van der Waals surface area contributed by atoms with E-state index in [1.807, 2.05) is 43.2 Å². The monoisotopic (exact) mass is 342 g/mol. The minimum atomic E-state index is -0.150. The fourth-order valence-corrected chi connectivity index (χ4v) is 3.19. The average molecular weight is 342 g/mol. The highest BCUT2D eigenvalue weighted by atomic mass is 16.2. The third kappa shape index (κ3) is 4.00. The van der Waals surface area contributed by atoms with Crippen molar-refractivity contribution in [3.05, 3.63) is 47.7 Å². The zero-order valence-corrected chi connectivity index (χ0v) is 14.9. The highest BCUT2D eigenvalue weighted by Gasteiger charge is 2.29. The number of carbonyl (C=O) groups excluding carboxylic acids is 1. The van der Waals surface area contributed by atoms with Gasteiger partial charge in [0.25, 0.3) is 0 Å². The molecule has 1 aromatic heterocycles. The number of fused-ring (bicyclic) bond motifs is 1. The lowest BCUT2D eigenvalue weighted by molar-refractivity contribution is 0.184. The van der Waals surface area contributed by atoms with Crippen LogP contribution in [-0.4, -0.2) is 59.3 Å². The number of amides is 2. The van der Waals surface area contributed by atoms with E-state index in [0.29, 0.717) is 18.9 Å². The van der Waals surface area contributed by atoms with Gasteiger partial charge in [0.05, 0.1) is 12.6 Å².